The van der Waals surface area contributed by atoms with Crippen molar-refractivity contribution in [2.24, 2.45) is 9.98 Å². The first-order valence-corrected chi connectivity index (χ1v) is 13.3. The molecule has 3 rings (SSSR count). The molecule has 3 aromatic rings. The van der Waals surface area contributed by atoms with Crippen molar-refractivity contribution in [3.05, 3.63) is 85.6 Å². The van der Waals surface area contributed by atoms with Crippen molar-refractivity contribution < 1.29 is 51.4 Å². The number of rotatable bonds is 11. The topological polar surface area (TPSA) is 79.5 Å². The first-order chi connectivity index (χ1) is 17.1. The molecule has 36 heavy (non-hydrogen) atoms. The molecule has 2 aromatic heterocycles. The second-order valence-electron chi connectivity index (χ2n) is 7.23. The van der Waals surface area contributed by atoms with Crippen molar-refractivity contribution in [1.29, 1.82) is 0 Å². The van der Waals surface area contributed by atoms with Gasteiger partial charge >= 0.3 is 51.4 Å². The van der Waals surface area contributed by atoms with Crippen molar-refractivity contribution in [3.8, 4) is 0 Å². The number of pyridine rings is 1. The summed E-state index contributed by atoms with van der Waals surface area (Å²) in [4.78, 5) is 18.1. The number of aliphatic imine (C=N–C) groups is 2. The van der Waals surface area contributed by atoms with E-state index in [0.29, 0.717) is 8.58 Å². The van der Waals surface area contributed by atoms with Crippen LogP contribution in [0, 0.1) is 12.7 Å². The molecule has 0 fully saturated rings. The predicted molar refractivity (Wildman–Crippen MR) is 152 cm³/mol. The summed E-state index contributed by atoms with van der Waals surface area (Å²) < 4.78 is 2.10. The summed E-state index contributed by atoms with van der Waals surface area (Å²) in [5.41, 5.74) is 6.60. The average molecular weight is 529 g/mol. The Kier molecular flexibility index (Phi) is 16.0. The van der Waals surface area contributed by atoms with Gasteiger partial charge in [0.25, 0.3) is 0 Å². The Morgan fingerprint density at radius 3 is 2.75 bits per heavy atom. The molecule has 2 unspecified atom stereocenters. The summed E-state index contributed by atoms with van der Waals surface area (Å²) in [6.45, 7) is 16.7. The largest absolute Gasteiger partial charge is 1.00 e. The Hall–Kier alpha value is -1.64. The Morgan fingerprint density at radius 2 is 2.08 bits per heavy atom. The van der Waals surface area contributed by atoms with Gasteiger partial charge in [-0.15, -0.1) is 12.7 Å². The van der Waals surface area contributed by atoms with E-state index >= 15 is 0 Å². The molecule has 1 aromatic carbocycles. The van der Waals surface area contributed by atoms with Crippen molar-refractivity contribution in [3.63, 3.8) is 0 Å². The molecule has 0 amide bonds. The summed E-state index contributed by atoms with van der Waals surface area (Å²) >= 11 is 0. The van der Waals surface area contributed by atoms with Crippen LogP contribution in [0.15, 0.2) is 71.7 Å². The third-order valence-corrected chi connectivity index (χ3v) is 5.89. The van der Waals surface area contributed by atoms with Crippen molar-refractivity contribution >= 4 is 36.6 Å². The number of benzene rings is 1. The van der Waals surface area contributed by atoms with Gasteiger partial charge in [-0.25, -0.2) is 15.0 Å². The van der Waals surface area contributed by atoms with E-state index in [1.54, 1.807) is 18.8 Å². The number of aromatic nitrogens is 3. The van der Waals surface area contributed by atoms with Gasteiger partial charge in [-0.3, -0.25) is 0 Å². The molecule has 2 atom stereocenters. The summed E-state index contributed by atoms with van der Waals surface area (Å²) in [7, 11) is 2.36. The maximum Gasteiger partial charge on any atom is 1.00 e. The number of imidazole rings is 1. The van der Waals surface area contributed by atoms with Gasteiger partial charge in [-0.2, -0.15) is 12.7 Å². The minimum Gasteiger partial charge on any atom is -0.560 e. The van der Waals surface area contributed by atoms with Crippen LogP contribution < -0.4 is 62.0 Å². The fourth-order valence-electron chi connectivity index (χ4n) is 3.23. The van der Waals surface area contributed by atoms with Gasteiger partial charge in [0, 0.05) is 24.3 Å². The summed E-state index contributed by atoms with van der Waals surface area (Å²) in [6.07, 6.45) is 9.99. The van der Waals surface area contributed by atoms with Gasteiger partial charge in [-0.1, -0.05) is 40.3 Å². The molecule has 0 radical (unpaired) electrons. The zero-order valence-corrected chi connectivity index (χ0v) is 26.6. The third kappa shape index (κ3) is 9.34. The van der Waals surface area contributed by atoms with Gasteiger partial charge in [0.1, 0.15) is 0 Å². The molecule has 2 N–H and O–H groups in total. The Balaban J connectivity index is 0.00000211. The van der Waals surface area contributed by atoms with E-state index in [1.165, 1.54) is 0 Å². The molecular formula is C27H36KN7P-. The fraction of sp³-hybridized carbons (Fsp3) is 0.296. The zero-order chi connectivity index (χ0) is 25.6. The number of hydrogen-bond donors (Lipinski definition) is 2. The summed E-state index contributed by atoms with van der Waals surface area (Å²) in [5, 5.41) is 6.16. The van der Waals surface area contributed by atoms with Crippen LogP contribution >= 0.6 is 8.58 Å². The van der Waals surface area contributed by atoms with E-state index in [-0.39, 0.29) is 57.4 Å². The zero-order valence-electron chi connectivity index (χ0n) is 22.5. The Bertz CT molecular complexity index is 1180. The van der Waals surface area contributed by atoms with Crippen molar-refractivity contribution in [1.82, 2.24) is 25.2 Å². The van der Waals surface area contributed by atoms with Crippen LogP contribution in [0.5, 0.6) is 0 Å². The number of hydrogen-bond acceptors (Lipinski definition) is 6. The van der Waals surface area contributed by atoms with Crippen molar-refractivity contribution in [2.75, 3.05) is 13.7 Å². The molecule has 2 heterocycles. The maximum atomic E-state index is 4.95. The van der Waals surface area contributed by atoms with Gasteiger partial charge < -0.3 is 26.4 Å². The minimum absolute atomic E-state index is 0. The van der Waals surface area contributed by atoms with E-state index in [1.807, 2.05) is 45.6 Å². The third-order valence-electron chi connectivity index (χ3n) is 5.02. The smallest absolute Gasteiger partial charge is 0.560 e. The van der Waals surface area contributed by atoms with E-state index in [0.717, 1.165) is 45.7 Å². The van der Waals surface area contributed by atoms with Crippen LogP contribution in [0.3, 0.4) is 0 Å². The molecular weight excluding hydrogens is 492 g/mol. The second kappa shape index (κ2) is 17.7. The van der Waals surface area contributed by atoms with Gasteiger partial charge in [0.2, 0.25) is 0 Å². The van der Waals surface area contributed by atoms with Gasteiger partial charge in [0.05, 0.1) is 23.0 Å². The van der Waals surface area contributed by atoms with Crippen LogP contribution in [0.4, 0.5) is 5.69 Å². The molecule has 0 saturated carbocycles. The quantitative estimate of drug-likeness (QED) is 0.132. The minimum atomic E-state index is 0. The van der Waals surface area contributed by atoms with E-state index < -0.39 is 0 Å². The van der Waals surface area contributed by atoms with Gasteiger partial charge in [0.15, 0.2) is 5.65 Å². The molecule has 9 heteroatoms. The predicted octanol–water partition coefficient (Wildman–Crippen LogP) is 2.80. The van der Waals surface area contributed by atoms with Gasteiger partial charge in [-0.05, 0) is 51.3 Å². The number of aryl methyl sites for hydroxylation is 1. The number of nitrogens with zero attached hydrogens (tertiary/aromatic N) is 5. The van der Waals surface area contributed by atoms with Crippen LogP contribution in [-0.4, -0.2) is 39.4 Å². The molecule has 0 aliphatic carbocycles. The molecule has 0 spiro atoms. The van der Waals surface area contributed by atoms with E-state index in [2.05, 4.69) is 81.7 Å². The second-order valence-corrected chi connectivity index (χ2v) is 8.21. The number of fused-ring (bicyclic) bond motifs is 1. The summed E-state index contributed by atoms with van der Waals surface area (Å²) in [6, 6.07) is 10.4. The van der Waals surface area contributed by atoms with Crippen LogP contribution in [0.2, 0.25) is 0 Å². The number of nitrogens with one attached hydrogen (secondary N) is 2. The normalized spacial score (nSPS) is 12.8. The van der Waals surface area contributed by atoms with Crippen molar-refractivity contribution in [2.45, 2.75) is 40.3 Å². The Labute approximate surface area is 260 Å². The van der Waals surface area contributed by atoms with Crippen LogP contribution in [-0.2, 0) is 6.54 Å². The average Bonchev–Trinajstić information content (AvgIpc) is 3.32. The Morgan fingerprint density at radius 1 is 1.31 bits per heavy atom. The first-order valence-electron chi connectivity index (χ1n) is 11.8. The summed E-state index contributed by atoms with van der Waals surface area (Å²) in [5.74, 6) is 0. The fourth-order valence-corrected chi connectivity index (χ4v) is 3.90. The standard InChI is InChI=1S/C25H30N7P.C2H6.K/c1-6-21(16-26-4)28-12-11-27-18(3)19-9-8-10-22(13-19)31-25(33-5)20-14-23-24(29-15-20)30-17-32(23)7-2;1-2;/h6,8-10,12-18,26-27,33H,1,7H2,2-5H3;1-2H3;/q-2;;+1. The first kappa shape index (κ1) is 32.4. The molecule has 7 nitrogen and oxygen atoms in total. The maximum absolute atomic E-state index is 4.95. The molecule has 0 aliphatic rings. The monoisotopic (exact) mass is 528 g/mol. The molecule has 0 aliphatic heterocycles. The van der Waals surface area contributed by atoms with E-state index in [9.17, 15) is 0 Å². The van der Waals surface area contributed by atoms with Crippen LogP contribution in [0.1, 0.15) is 44.9 Å². The SMILES string of the molecule is C=CC([CH-]NC)=NC=[C-]NC(C)c1cccc(N=C(PC)c2cnc3ncn(CC)c3c2)c1.CC.[K+]. The van der Waals surface area contributed by atoms with Crippen LogP contribution in [0.25, 0.3) is 11.2 Å². The van der Waals surface area contributed by atoms with E-state index in [4.69, 9.17) is 4.99 Å². The molecule has 186 valence electrons. The molecule has 0 bridgehead atoms. The molecule has 0 saturated heterocycles.